The first-order valence-corrected chi connectivity index (χ1v) is 8.12. The van der Waals surface area contributed by atoms with Crippen LogP contribution in [0.4, 0.5) is 5.69 Å². The summed E-state index contributed by atoms with van der Waals surface area (Å²) >= 11 is 0. The van der Waals surface area contributed by atoms with Crippen LogP contribution in [0.25, 0.3) is 0 Å². The average molecular weight is 308 g/mol. The summed E-state index contributed by atoms with van der Waals surface area (Å²) in [7, 11) is 0. The Morgan fingerprint density at radius 1 is 1.09 bits per heavy atom. The van der Waals surface area contributed by atoms with E-state index in [1.165, 1.54) is 5.56 Å². The molecule has 2 N–H and O–H groups in total. The Kier molecular flexibility index (Phi) is 3.99. The SMILES string of the molecule is CC(C)(C)c1ccc(C(=O)N2CC(N)Cc3ccccc32)cc1. The second-order valence-corrected chi connectivity index (χ2v) is 7.34. The third-order valence-electron chi connectivity index (χ3n) is 4.42. The lowest BCUT2D eigenvalue weighted by molar-refractivity contribution is 0.0983. The average Bonchev–Trinajstić information content (AvgIpc) is 2.52. The molecule has 0 aliphatic carbocycles. The Labute approximate surface area is 138 Å². The van der Waals surface area contributed by atoms with Crippen LogP contribution in [-0.2, 0) is 11.8 Å². The molecule has 1 heterocycles. The fraction of sp³-hybridized carbons (Fsp3) is 0.350. The number of nitrogens with two attached hydrogens (primary N) is 1. The van der Waals surface area contributed by atoms with Gasteiger partial charge in [0, 0.05) is 23.8 Å². The molecule has 0 radical (unpaired) electrons. The molecule has 3 rings (SSSR count). The summed E-state index contributed by atoms with van der Waals surface area (Å²) in [6.07, 6.45) is 0.822. The van der Waals surface area contributed by atoms with E-state index in [0.29, 0.717) is 12.1 Å². The van der Waals surface area contributed by atoms with Crippen LogP contribution in [0.3, 0.4) is 0 Å². The molecule has 0 saturated heterocycles. The van der Waals surface area contributed by atoms with Crippen LogP contribution in [0.2, 0.25) is 0 Å². The van der Waals surface area contributed by atoms with E-state index in [1.807, 2.05) is 47.4 Å². The highest BCUT2D eigenvalue weighted by atomic mass is 16.2. The fourth-order valence-electron chi connectivity index (χ4n) is 3.09. The molecule has 3 nitrogen and oxygen atoms in total. The monoisotopic (exact) mass is 308 g/mol. The van der Waals surface area contributed by atoms with Crippen LogP contribution in [0.5, 0.6) is 0 Å². The molecule has 1 amide bonds. The maximum Gasteiger partial charge on any atom is 0.258 e. The lowest BCUT2D eigenvalue weighted by atomic mass is 9.86. The van der Waals surface area contributed by atoms with E-state index >= 15 is 0 Å². The van der Waals surface area contributed by atoms with E-state index in [0.717, 1.165) is 17.7 Å². The minimum atomic E-state index is -0.0114. The quantitative estimate of drug-likeness (QED) is 0.876. The molecule has 1 unspecified atom stereocenters. The molecular formula is C20H24N2O. The van der Waals surface area contributed by atoms with E-state index in [4.69, 9.17) is 5.73 Å². The largest absolute Gasteiger partial charge is 0.326 e. The summed E-state index contributed by atoms with van der Waals surface area (Å²) in [5.41, 5.74) is 10.3. The van der Waals surface area contributed by atoms with Crippen molar-refractivity contribution in [3.63, 3.8) is 0 Å². The number of nitrogens with zero attached hydrogens (tertiary/aromatic N) is 1. The summed E-state index contributed by atoms with van der Waals surface area (Å²) < 4.78 is 0. The van der Waals surface area contributed by atoms with Gasteiger partial charge >= 0.3 is 0 Å². The maximum absolute atomic E-state index is 12.9. The lowest BCUT2D eigenvalue weighted by Crippen LogP contribution is -2.46. The first-order chi connectivity index (χ1) is 10.9. The zero-order chi connectivity index (χ0) is 16.6. The third-order valence-corrected chi connectivity index (χ3v) is 4.42. The van der Waals surface area contributed by atoms with Gasteiger partial charge < -0.3 is 10.6 Å². The number of amides is 1. The summed E-state index contributed by atoms with van der Waals surface area (Å²) in [5.74, 6) is 0.0214. The molecule has 2 aromatic carbocycles. The second kappa shape index (κ2) is 5.82. The van der Waals surface area contributed by atoms with Gasteiger partial charge in [-0.2, -0.15) is 0 Å². The van der Waals surface area contributed by atoms with Gasteiger partial charge in [-0.3, -0.25) is 4.79 Å². The number of para-hydroxylation sites is 1. The molecular weight excluding hydrogens is 284 g/mol. The zero-order valence-corrected chi connectivity index (χ0v) is 14.0. The summed E-state index contributed by atoms with van der Waals surface area (Å²) in [5, 5.41) is 0. The Morgan fingerprint density at radius 2 is 1.74 bits per heavy atom. The van der Waals surface area contributed by atoms with Gasteiger partial charge in [-0.1, -0.05) is 51.1 Å². The first kappa shape index (κ1) is 15.8. The highest BCUT2D eigenvalue weighted by Crippen LogP contribution is 2.28. The molecule has 120 valence electrons. The number of hydrogen-bond acceptors (Lipinski definition) is 2. The lowest BCUT2D eigenvalue weighted by Gasteiger charge is -2.33. The number of carbonyl (C=O) groups is 1. The van der Waals surface area contributed by atoms with Crippen molar-refractivity contribution in [3.05, 3.63) is 65.2 Å². The Morgan fingerprint density at radius 3 is 2.39 bits per heavy atom. The molecule has 0 fully saturated rings. The smallest absolute Gasteiger partial charge is 0.258 e. The van der Waals surface area contributed by atoms with Crippen molar-refractivity contribution in [1.29, 1.82) is 0 Å². The molecule has 3 heteroatoms. The summed E-state index contributed by atoms with van der Waals surface area (Å²) in [4.78, 5) is 14.8. The van der Waals surface area contributed by atoms with E-state index in [1.54, 1.807) is 0 Å². The topological polar surface area (TPSA) is 46.3 Å². The minimum Gasteiger partial charge on any atom is -0.326 e. The van der Waals surface area contributed by atoms with Crippen molar-refractivity contribution in [1.82, 2.24) is 0 Å². The number of carbonyl (C=O) groups excluding carboxylic acids is 1. The van der Waals surface area contributed by atoms with Crippen LogP contribution < -0.4 is 10.6 Å². The van der Waals surface area contributed by atoms with Gasteiger partial charge in [0.1, 0.15) is 0 Å². The van der Waals surface area contributed by atoms with Gasteiger partial charge in [-0.25, -0.2) is 0 Å². The van der Waals surface area contributed by atoms with Gasteiger partial charge in [0.2, 0.25) is 0 Å². The van der Waals surface area contributed by atoms with E-state index < -0.39 is 0 Å². The van der Waals surface area contributed by atoms with E-state index in [2.05, 4.69) is 26.8 Å². The van der Waals surface area contributed by atoms with Crippen molar-refractivity contribution in [2.45, 2.75) is 38.6 Å². The fourth-order valence-corrected chi connectivity index (χ4v) is 3.09. The number of benzene rings is 2. The highest BCUT2D eigenvalue weighted by molar-refractivity contribution is 6.06. The first-order valence-electron chi connectivity index (χ1n) is 8.12. The molecule has 0 spiro atoms. The third kappa shape index (κ3) is 3.15. The number of anilines is 1. The summed E-state index contributed by atoms with van der Waals surface area (Å²) in [6, 6.07) is 15.9. The standard InChI is InChI=1S/C20H24N2O/c1-20(2,3)16-10-8-14(9-11-16)19(23)22-13-17(21)12-15-6-4-5-7-18(15)22/h4-11,17H,12-13,21H2,1-3H3. The van der Waals surface area contributed by atoms with Crippen LogP contribution in [0.1, 0.15) is 42.3 Å². The zero-order valence-electron chi connectivity index (χ0n) is 14.0. The highest BCUT2D eigenvalue weighted by Gasteiger charge is 2.27. The van der Waals surface area contributed by atoms with Crippen LogP contribution >= 0.6 is 0 Å². The number of hydrogen-bond donors (Lipinski definition) is 1. The van der Waals surface area contributed by atoms with Crippen molar-refractivity contribution < 1.29 is 4.79 Å². The van der Waals surface area contributed by atoms with Gasteiger partial charge in [0.05, 0.1) is 0 Å². The van der Waals surface area contributed by atoms with Gasteiger partial charge in [0.15, 0.2) is 0 Å². The predicted octanol–water partition coefficient (Wildman–Crippen LogP) is 3.51. The molecule has 2 aromatic rings. The Balaban J connectivity index is 1.92. The predicted molar refractivity (Wildman–Crippen MR) is 94.9 cm³/mol. The maximum atomic E-state index is 12.9. The second-order valence-electron chi connectivity index (χ2n) is 7.34. The molecule has 0 bridgehead atoms. The van der Waals surface area contributed by atoms with Crippen molar-refractivity contribution >= 4 is 11.6 Å². The van der Waals surface area contributed by atoms with Gasteiger partial charge in [-0.05, 0) is 41.2 Å². The van der Waals surface area contributed by atoms with Crippen LogP contribution in [0.15, 0.2) is 48.5 Å². The minimum absolute atomic E-state index is 0.0114. The molecule has 23 heavy (non-hydrogen) atoms. The van der Waals surface area contributed by atoms with Crippen LogP contribution in [0, 0.1) is 0 Å². The molecule has 0 saturated carbocycles. The van der Waals surface area contributed by atoms with Crippen molar-refractivity contribution in [2.24, 2.45) is 5.73 Å². The Bertz CT molecular complexity index is 713. The summed E-state index contributed by atoms with van der Waals surface area (Å²) in [6.45, 7) is 7.08. The number of rotatable bonds is 1. The van der Waals surface area contributed by atoms with E-state index in [-0.39, 0.29) is 17.4 Å². The number of fused-ring (bicyclic) bond motifs is 1. The Hall–Kier alpha value is -2.13. The molecule has 0 aromatic heterocycles. The van der Waals surface area contributed by atoms with E-state index in [9.17, 15) is 4.79 Å². The van der Waals surface area contributed by atoms with Crippen LogP contribution in [-0.4, -0.2) is 18.5 Å². The van der Waals surface area contributed by atoms with Gasteiger partial charge in [0.25, 0.3) is 5.91 Å². The molecule has 1 aliphatic rings. The van der Waals surface area contributed by atoms with Crippen molar-refractivity contribution in [2.75, 3.05) is 11.4 Å². The van der Waals surface area contributed by atoms with Gasteiger partial charge in [-0.15, -0.1) is 0 Å². The molecule has 1 aliphatic heterocycles. The normalized spacial score (nSPS) is 17.7. The molecule has 1 atom stereocenters. The van der Waals surface area contributed by atoms with Crippen molar-refractivity contribution in [3.8, 4) is 0 Å².